The van der Waals surface area contributed by atoms with Gasteiger partial charge in [-0.3, -0.25) is 9.00 Å². The molecule has 4 heteroatoms. The minimum absolute atomic E-state index is 0.107. The molecule has 0 saturated carbocycles. The van der Waals surface area contributed by atoms with E-state index in [1.807, 2.05) is 19.1 Å². The van der Waals surface area contributed by atoms with Crippen molar-refractivity contribution >= 4 is 16.6 Å². The predicted octanol–water partition coefficient (Wildman–Crippen LogP) is 3.38. The van der Waals surface area contributed by atoms with Gasteiger partial charge in [-0.25, -0.2) is 0 Å². The maximum atomic E-state index is 12.5. The lowest BCUT2D eigenvalue weighted by molar-refractivity contribution is 0.0992. The van der Waals surface area contributed by atoms with Gasteiger partial charge in [-0.2, -0.15) is 0 Å². The van der Waals surface area contributed by atoms with E-state index in [0.29, 0.717) is 16.2 Å². The number of rotatable bonds is 5. The Kier molecular flexibility index (Phi) is 4.91. The zero-order valence-corrected chi connectivity index (χ0v) is 13.1. The average molecular weight is 302 g/mol. The maximum Gasteiger partial charge on any atom is 0.178 e. The quantitative estimate of drug-likeness (QED) is 0.795. The Bertz CT molecular complexity index is 645. The fraction of sp³-hybridized carbons (Fsp3) is 0.235. The minimum Gasteiger partial charge on any atom is -0.497 e. The van der Waals surface area contributed by atoms with Crippen LogP contribution in [0.5, 0.6) is 5.75 Å². The molecule has 0 saturated heterocycles. The van der Waals surface area contributed by atoms with E-state index in [0.717, 1.165) is 5.56 Å². The molecule has 0 spiro atoms. The number of ether oxygens (including phenoxy) is 1. The largest absolute Gasteiger partial charge is 0.497 e. The molecule has 2 unspecified atom stereocenters. The van der Waals surface area contributed by atoms with E-state index in [1.165, 1.54) is 0 Å². The molecule has 2 aromatic carbocycles. The molecular formula is C17H18O3S. The summed E-state index contributed by atoms with van der Waals surface area (Å²) in [4.78, 5) is 13.0. The van der Waals surface area contributed by atoms with Gasteiger partial charge in [0.15, 0.2) is 5.78 Å². The summed E-state index contributed by atoms with van der Waals surface area (Å²) in [6.45, 7) is 3.66. The average Bonchev–Trinajstić information content (AvgIpc) is 2.53. The van der Waals surface area contributed by atoms with Crippen molar-refractivity contribution in [2.75, 3.05) is 7.11 Å². The summed E-state index contributed by atoms with van der Waals surface area (Å²) in [5.74, 6) is 0.595. The van der Waals surface area contributed by atoms with Crippen molar-refractivity contribution in [3.8, 4) is 5.75 Å². The molecule has 2 atom stereocenters. The molecule has 110 valence electrons. The molecule has 0 aromatic heterocycles. The zero-order chi connectivity index (χ0) is 15.4. The van der Waals surface area contributed by atoms with E-state index in [4.69, 9.17) is 4.74 Å². The van der Waals surface area contributed by atoms with E-state index < -0.39 is 16.0 Å². The highest BCUT2D eigenvalue weighted by molar-refractivity contribution is 7.86. The summed E-state index contributed by atoms with van der Waals surface area (Å²) in [5, 5.41) is -0.582. The molecule has 0 heterocycles. The van der Waals surface area contributed by atoms with Crippen LogP contribution in [0.1, 0.15) is 22.8 Å². The summed E-state index contributed by atoms with van der Waals surface area (Å²) < 4.78 is 17.5. The Morgan fingerprint density at radius 1 is 1.05 bits per heavy atom. The van der Waals surface area contributed by atoms with Crippen molar-refractivity contribution in [2.45, 2.75) is 24.0 Å². The first-order valence-corrected chi connectivity index (χ1v) is 7.89. The highest BCUT2D eigenvalue weighted by Gasteiger charge is 2.22. The van der Waals surface area contributed by atoms with E-state index in [-0.39, 0.29) is 5.78 Å². The standard InChI is InChI=1S/C17H18O3S/c1-12-4-6-14(7-5-12)17(18)13(2)21(19)16-10-8-15(20-3)9-11-16/h4-11,13H,1-3H3. The van der Waals surface area contributed by atoms with Gasteiger partial charge < -0.3 is 4.74 Å². The Balaban J connectivity index is 2.17. The molecule has 2 rings (SSSR count). The monoisotopic (exact) mass is 302 g/mol. The van der Waals surface area contributed by atoms with Gasteiger partial charge in [0.25, 0.3) is 0 Å². The lowest BCUT2D eigenvalue weighted by atomic mass is 10.1. The van der Waals surface area contributed by atoms with Gasteiger partial charge in [0.2, 0.25) is 0 Å². The molecule has 0 N–H and O–H groups in total. The van der Waals surface area contributed by atoms with Gasteiger partial charge in [0.05, 0.1) is 23.2 Å². The van der Waals surface area contributed by atoms with Gasteiger partial charge in [0, 0.05) is 10.5 Å². The number of carbonyl (C=O) groups is 1. The first kappa shape index (κ1) is 15.4. The van der Waals surface area contributed by atoms with Crippen molar-refractivity contribution in [3.63, 3.8) is 0 Å². The smallest absolute Gasteiger partial charge is 0.178 e. The van der Waals surface area contributed by atoms with E-state index in [1.54, 1.807) is 50.4 Å². The van der Waals surface area contributed by atoms with Crippen LogP contribution in [0.2, 0.25) is 0 Å². The lowest BCUT2D eigenvalue weighted by Crippen LogP contribution is -2.22. The molecule has 0 aliphatic rings. The van der Waals surface area contributed by atoms with Crippen LogP contribution in [0.25, 0.3) is 0 Å². The topological polar surface area (TPSA) is 43.4 Å². The third-order valence-electron chi connectivity index (χ3n) is 3.32. The SMILES string of the molecule is COc1ccc(S(=O)C(C)C(=O)c2ccc(C)cc2)cc1. The van der Waals surface area contributed by atoms with E-state index in [9.17, 15) is 9.00 Å². The number of hydrogen-bond acceptors (Lipinski definition) is 3. The molecule has 3 nitrogen and oxygen atoms in total. The Morgan fingerprint density at radius 3 is 2.14 bits per heavy atom. The number of hydrogen-bond donors (Lipinski definition) is 0. The number of benzene rings is 2. The number of Topliss-reactive ketones (excluding diaryl/α,β-unsaturated/α-hetero) is 1. The first-order chi connectivity index (χ1) is 10.0. The predicted molar refractivity (Wildman–Crippen MR) is 84.4 cm³/mol. The zero-order valence-electron chi connectivity index (χ0n) is 12.3. The van der Waals surface area contributed by atoms with Crippen LogP contribution < -0.4 is 4.74 Å². The summed E-state index contributed by atoms with van der Waals surface area (Å²) in [6.07, 6.45) is 0. The van der Waals surface area contributed by atoms with Crippen LogP contribution in [0.4, 0.5) is 0 Å². The van der Waals surface area contributed by atoms with Gasteiger partial charge in [-0.15, -0.1) is 0 Å². The summed E-state index contributed by atoms with van der Waals surface area (Å²) >= 11 is 0. The number of ketones is 1. The van der Waals surface area contributed by atoms with Crippen LogP contribution in [0.3, 0.4) is 0 Å². The van der Waals surface area contributed by atoms with Gasteiger partial charge in [-0.1, -0.05) is 29.8 Å². The van der Waals surface area contributed by atoms with Gasteiger partial charge in [0.1, 0.15) is 5.75 Å². The molecule has 2 aromatic rings. The minimum atomic E-state index is -1.38. The molecular weight excluding hydrogens is 284 g/mol. The second kappa shape index (κ2) is 6.68. The van der Waals surface area contributed by atoms with Crippen molar-refractivity contribution in [2.24, 2.45) is 0 Å². The molecule has 0 aliphatic heterocycles. The number of aryl methyl sites for hydroxylation is 1. The highest BCUT2D eigenvalue weighted by Crippen LogP contribution is 2.19. The van der Waals surface area contributed by atoms with Crippen LogP contribution in [0, 0.1) is 6.92 Å². The normalized spacial score (nSPS) is 13.5. The molecule has 0 bridgehead atoms. The van der Waals surface area contributed by atoms with E-state index in [2.05, 4.69) is 0 Å². The summed E-state index contributed by atoms with van der Waals surface area (Å²) in [6, 6.07) is 14.3. The van der Waals surface area contributed by atoms with Gasteiger partial charge >= 0.3 is 0 Å². The van der Waals surface area contributed by atoms with Crippen LogP contribution in [0.15, 0.2) is 53.4 Å². The van der Waals surface area contributed by atoms with Crippen LogP contribution in [-0.4, -0.2) is 22.4 Å². The van der Waals surface area contributed by atoms with Crippen LogP contribution in [-0.2, 0) is 10.8 Å². The second-order valence-electron chi connectivity index (χ2n) is 4.85. The number of carbonyl (C=O) groups excluding carboxylic acids is 1. The third-order valence-corrected chi connectivity index (χ3v) is 4.91. The summed E-state index contributed by atoms with van der Waals surface area (Å²) in [5.41, 5.74) is 1.69. The highest BCUT2D eigenvalue weighted by atomic mass is 32.2. The Hall–Kier alpha value is -1.94. The van der Waals surface area contributed by atoms with Gasteiger partial charge in [-0.05, 0) is 38.1 Å². The molecule has 21 heavy (non-hydrogen) atoms. The maximum absolute atomic E-state index is 12.5. The molecule has 0 radical (unpaired) electrons. The summed E-state index contributed by atoms with van der Waals surface area (Å²) in [7, 11) is 0.199. The fourth-order valence-corrected chi connectivity index (χ4v) is 3.11. The van der Waals surface area contributed by atoms with Crippen molar-refractivity contribution in [3.05, 3.63) is 59.7 Å². The lowest BCUT2D eigenvalue weighted by Gasteiger charge is -2.11. The molecule has 0 fully saturated rings. The van der Waals surface area contributed by atoms with Crippen molar-refractivity contribution in [1.82, 2.24) is 0 Å². The van der Waals surface area contributed by atoms with Crippen molar-refractivity contribution in [1.29, 1.82) is 0 Å². The van der Waals surface area contributed by atoms with E-state index >= 15 is 0 Å². The second-order valence-corrected chi connectivity index (χ2v) is 6.62. The Morgan fingerprint density at radius 2 is 1.62 bits per heavy atom. The van der Waals surface area contributed by atoms with Crippen molar-refractivity contribution < 1.29 is 13.7 Å². The first-order valence-electron chi connectivity index (χ1n) is 6.68. The third kappa shape index (κ3) is 3.58. The Labute approximate surface area is 127 Å². The molecule has 0 aliphatic carbocycles. The molecule has 0 amide bonds. The fourth-order valence-electron chi connectivity index (χ4n) is 1.96. The number of methoxy groups -OCH3 is 1. The van der Waals surface area contributed by atoms with Crippen LogP contribution >= 0.6 is 0 Å².